The number of nitrogens with one attached hydrogen (secondary N) is 3. The number of nitrogens with zero attached hydrogens (tertiary/aromatic N) is 4. The topological polar surface area (TPSA) is 104 Å². The monoisotopic (exact) mass is 537 g/mol. The Kier molecular flexibility index (Phi) is 8.16. The second kappa shape index (κ2) is 11.7. The molecule has 0 amide bonds. The van der Waals surface area contributed by atoms with Crippen LogP contribution in [0.5, 0.6) is 0 Å². The highest BCUT2D eigenvalue weighted by molar-refractivity contribution is 6.30. The quantitative estimate of drug-likeness (QED) is 0.274. The average Bonchev–Trinajstić information content (AvgIpc) is 3.51. The predicted molar refractivity (Wildman–Crippen MR) is 152 cm³/mol. The lowest BCUT2D eigenvalue weighted by Crippen LogP contribution is -2.35. The van der Waals surface area contributed by atoms with Gasteiger partial charge in [-0.1, -0.05) is 17.7 Å². The summed E-state index contributed by atoms with van der Waals surface area (Å²) in [6.45, 7) is 9.42. The van der Waals surface area contributed by atoms with E-state index in [1.807, 2.05) is 17.6 Å². The third kappa shape index (κ3) is 5.50. The summed E-state index contributed by atoms with van der Waals surface area (Å²) in [6.07, 6.45) is 6.31. The lowest BCUT2D eigenvalue weighted by Gasteiger charge is -2.32. The number of anilines is 1. The van der Waals surface area contributed by atoms with Gasteiger partial charge < -0.3 is 29.5 Å². The molecule has 0 spiro atoms. The second-order valence-corrected chi connectivity index (χ2v) is 10.3. The van der Waals surface area contributed by atoms with E-state index in [1.54, 1.807) is 19.6 Å². The summed E-state index contributed by atoms with van der Waals surface area (Å²) in [5.41, 5.74) is 6.18. The van der Waals surface area contributed by atoms with Gasteiger partial charge in [-0.25, -0.2) is 9.97 Å². The number of aromatic nitrogens is 5. The van der Waals surface area contributed by atoms with E-state index in [2.05, 4.69) is 44.2 Å². The first-order valence-corrected chi connectivity index (χ1v) is 13.7. The van der Waals surface area contributed by atoms with Gasteiger partial charge in [0, 0.05) is 39.4 Å². The van der Waals surface area contributed by atoms with Crippen LogP contribution in [0.3, 0.4) is 0 Å². The number of halogens is 1. The van der Waals surface area contributed by atoms with Crippen LogP contribution in [-0.2, 0) is 17.7 Å². The van der Waals surface area contributed by atoms with Crippen LogP contribution < -0.4 is 10.9 Å². The molecular formula is C28H36ClN7O2. The molecule has 0 radical (unpaired) electrons. The molecule has 1 aliphatic rings. The van der Waals surface area contributed by atoms with Gasteiger partial charge in [-0.3, -0.25) is 4.79 Å². The molecule has 4 aromatic rings. The Bertz CT molecular complexity index is 1450. The zero-order valence-electron chi connectivity index (χ0n) is 22.3. The van der Waals surface area contributed by atoms with E-state index in [1.165, 1.54) is 5.56 Å². The molecule has 0 bridgehead atoms. The highest BCUT2D eigenvalue weighted by Gasteiger charge is 2.22. The summed E-state index contributed by atoms with van der Waals surface area (Å²) >= 11 is 6.41. The van der Waals surface area contributed by atoms with Crippen LogP contribution in [0, 0.1) is 6.92 Å². The molecule has 9 nitrogen and oxygen atoms in total. The number of H-pyrrole nitrogens is 2. The van der Waals surface area contributed by atoms with Crippen molar-refractivity contribution in [3.63, 3.8) is 0 Å². The fourth-order valence-electron chi connectivity index (χ4n) is 5.36. The number of pyridine rings is 1. The Hall–Kier alpha value is -3.14. The number of fused-ring (bicyclic) bond motifs is 1. The number of aryl methyl sites for hydroxylation is 2. The number of imidazole rings is 2. The van der Waals surface area contributed by atoms with Gasteiger partial charge in [0.25, 0.3) is 5.56 Å². The zero-order chi connectivity index (χ0) is 26.6. The van der Waals surface area contributed by atoms with Crippen molar-refractivity contribution >= 4 is 28.3 Å². The molecule has 1 fully saturated rings. The molecular weight excluding hydrogens is 502 g/mol. The van der Waals surface area contributed by atoms with Gasteiger partial charge in [-0.2, -0.15) is 0 Å². The van der Waals surface area contributed by atoms with Crippen LogP contribution >= 0.6 is 11.6 Å². The van der Waals surface area contributed by atoms with E-state index >= 15 is 0 Å². The van der Waals surface area contributed by atoms with Crippen LogP contribution in [-0.4, -0.2) is 69.3 Å². The van der Waals surface area contributed by atoms with Crippen molar-refractivity contribution in [2.24, 2.45) is 0 Å². The van der Waals surface area contributed by atoms with E-state index in [0.29, 0.717) is 35.4 Å². The lowest BCUT2D eigenvalue weighted by atomic mass is 9.88. The fourth-order valence-corrected chi connectivity index (χ4v) is 5.66. The largest absolute Gasteiger partial charge is 0.384 e. The van der Waals surface area contributed by atoms with Crippen molar-refractivity contribution in [3.05, 3.63) is 63.1 Å². The number of aromatic amines is 2. The van der Waals surface area contributed by atoms with Crippen LogP contribution in [0.15, 0.2) is 35.5 Å². The molecule has 0 unspecified atom stereocenters. The third-order valence-electron chi connectivity index (χ3n) is 7.53. The van der Waals surface area contributed by atoms with Gasteiger partial charge in [-0.05, 0) is 69.0 Å². The third-order valence-corrected chi connectivity index (χ3v) is 7.96. The first kappa shape index (κ1) is 26.5. The molecule has 3 aromatic heterocycles. The Balaban J connectivity index is 1.35. The number of piperidine rings is 1. The normalized spacial score (nSPS) is 14.9. The maximum absolute atomic E-state index is 12.9. The molecule has 3 N–H and O–H groups in total. The standard InChI is InChI=1S/C28H36ClN7O2/c1-4-36-17-32-22(26(36)29)6-9-30-21-5-10-31-28(37)24(21)27-33-23-16-20(15-18(2)25(23)34-27)19-7-11-35(12-8-19)13-14-38-3/h5,10,15-17,19H,4,6-9,11-14H2,1-3H3,(H,33,34)(H2,30,31,37). The van der Waals surface area contributed by atoms with Crippen LogP contribution in [0.4, 0.5) is 5.69 Å². The summed E-state index contributed by atoms with van der Waals surface area (Å²) in [6, 6.07) is 6.34. The van der Waals surface area contributed by atoms with Gasteiger partial charge in [0.05, 0.1) is 35.3 Å². The van der Waals surface area contributed by atoms with Crippen LogP contribution in [0.1, 0.15) is 42.5 Å². The molecule has 1 aromatic carbocycles. The van der Waals surface area contributed by atoms with E-state index in [9.17, 15) is 4.79 Å². The zero-order valence-corrected chi connectivity index (χ0v) is 23.1. The highest BCUT2D eigenvalue weighted by atomic mass is 35.5. The van der Waals surface area contributed by atoms with E-state index in [-0.39, 0.29) is 5.56 Å². The minimum atomic E-state index is -0.191. The number of likely N-dealkylation sites (tertiary alicyclic amines) is 1. The lowest BCUT2D eigenvalue weighted by molar-refractivity contribution is 0.130. The molecule has 1 saturated heterocycles. The second-order valence-electron chi connectivity index (χ2n) is 9.97. The number of ether oxygens (including phenoxy) is 1. The number of rotatable bonds is 10. The maximum atomic E-state index is 12.9. The van der Waals surface area contributed by atoms with Gasteiger partial charge in [0.2, 0.25) is 0 Å². The fraction of sp³-hybridized carbons (Fsp3) is 0.464. The molecule has 4 heterocycles. The van der Waals surface area contributed by atoms with Crippen molar-refractivity contribution in [2.45, 2.75) is 45.6 Å². The van der Waals surface area contributed by atoms with Crippen molar-refractivity contribution in [1.29, 1.82) is 0 Å². The van der Waals surface area contributed by atoms with Gasteiger partial charge in [0.15, 0.2) is 0 Å². The average molecular weight is 538 g/mol. The van der Waals surface area contributed by atoms with Gasteiger partial charge in [-0.15, -0.1) is 0 Å². The molecule has 0 aliphatic carbocycles. The summed E-state index contributed by atoms with van der Waals surface area (Å²) in [7, 11) is 1.75. The first-order chi connectivity index (χ1) is 18.5. The van der Waals surface area contributed by atoms with Crippen molar-refractivity contribution in [2.75, 3.05) is 45.2 Å². The molecule has 0 atom stereocenters. The van der Waals surface area contributed by atoms with Crippen LogP contribution in [0.2, 0.25) is 5.15 Å². The molecule has 1 aliphatic heterocycles. The van der Waals surface area contributed by atoms with Crippen molar-refractivity contribution in [3.8, 4) is 11.4 Å². The number of hydrogen-bond acceptors (Lipinski definition) is 6. The Morgan fingerprint density at radius 1 is 1.26 bits per heavy atom. The minimum absolute atomic E-state index is 0.191. The van der Waals surface area contributed by atoms with Crippen molar-refractivity contribution < 1.29 is 4.74 Å². The molecule has 10 heteroatoms. The Morgan fingerprint density at radius 3 is 2.82 bits per heavy atom. The number of hydrogen-bond donors (Lipinski definition) is 3. The highest BCUT2D eigenvalue weighted by Crippen LogP contribution is 2.33. The molecule has 38 heavy (non-hydrogen) atoms. The molecule has 5 rings (SSSR count). The number of methoxy groups -OCH3 is 1. The molecule has 202 valence electrons. The summed E-state index contributed by atoms with van der Waals surface area (Å²) in [5, 5.41) is 4.05. The van der Waals surface area contributed by atoms with E-state index < -0.39 is 0 Å². The van der Waals surface area contributed by atoms with Gasteiger partial charge in [0.1, 0.15) is 16.5 Å². The van der Waals surface area contributed by atoms with Gasteiger partial charge >= 0.3 is 0 Å². The smallest absolute Gasteiger partial charge is 0.261 e. The molecule has 0 saturated carbocycles. The summed E-state index contributed by atoms with van der Waals surface area (Å²) < 4.78 is 7.14. The number of benzene rings is 1. The predicted octanol–water partition coefficient (Wildman–Crippen LogP) is 4.58. The summed E-state index contributed by atoms with van der Waals surface area (Å²) in [5.74, 6) is 1.08. The summed E-state index contributed by atoms with van der Waals surface area (Å²) in [4.78, 5) is 30.9. The van der Waals surface area contributed by atoms with E-state index in [0.717, 1.165) is 73.6 Å². The Labute approximate surface area is 227 Å². The minimum Gasteiger partial charge on any atom is -0.384 e. The Morgan fingerprint density at radius 2 is 2.08 bits per heavy atom. The first-order valence-electron chi connectivity index (χ1n) is 13.4. The van der Waals surface area contributed by atoms with E-state index in [4.69, 9.17) is 21.3 Å². The van der Waals surface area contributed by atoms with Crippen molar-refractivity contribution in [1.82, 2.24) is 29.4 Å². The van der Waals surface area contributed by atoms with Crippen LogP contribution in [0.25, 0.3) is 22.4 Å². The maximum Gasteiger partial charge on any atom is 0.261 e. The SMILES string of the molecule is CCn1cnc(CCNc2cc[nH]c(=O)c2-c2nc3c(C)cc(C4CCN(CCOC)CC4)cc3[nH]2)c1Cl.